The fraction of sp³-hybridized carbons (Fsp3) is 0.588. The Balaban J connectivity index is 1.61. The highest BCUT2D eigenvalue weighted by Gasteiger charge is 2.33. The van der Waals surface area contributed by atoms with Crippen LogP contribution in [-0.2, 0) is 19.6 Å². The predicted octanol–water partition coefficient (Wildman–Crippen LogP) is 0.0604. The summed E-state index contributed by atoms with van der Waals surface area (Å²) in [4.78, 5) is 32.6. The van der Waals surface area contributed by atoms with Crippen LogP contribution in [0.1, 0.15) is 37.8 Å². The summed E-state index contributed by atoms with van der Waals surface area (Å²) in [6, 6.07) is 1.89. The summed E-state index contributed by atoms with van der Waals surface area (Å²) in [7, 11) is -3.66. The first-order valence-corrected chi connectivity index (χ1v) is 10.7. The minimum atomic E-state index is -3.66. The van der Waals surface area contributed by atoms with Gasteiger partial charge in [0, 0.05) is 38.3 Å². The van der Waals surface area contributed by atoms with Gasteiger partial charge in [0.15, 0.2) is 0 Å². The number of nitrogens with zero attached hydrogens (tertiary/aromatic N) is 5. The average molecular weight is 407 g/mol. The van der Waals surface area contributed by atoms with E-state index in [2.05, 4.69) is 9.97 Å². The van der Waals surface area contributed by atoms with Crippen molar-refractivity contribution in [1.29, 1.82) is 5.26 Å². The minimum absolute atomic E-state index is 0.0459. The van der Waals surface area contributed by atoms with Crippen LogP contribution in [0.5, 0.6) is 5.88 Å². The van der Waals surface area contributed by atoms with Crippen molar-refractivity contribution in [2.75, 3.05) is 25.4 Å². The molecule has 0 N–H and O–H groups in total. The first-order chi connectivity index (χ1) is 13.4. The van der Waals surface area contributed by atoms with E-state index in [1.165, 1.54) is 16.7 Å². The lowest BCUT2D eigenvalue weighted by Gasteiger charge is -2.32. The van der Waals surface area contributed by atoms with Gasteiger partial charge < -0.3 is 4.74 Å². The summed E-state index contributed by atoms with van der Waals surface area (Å²) in [5.74, 6) is -0.874. The third kappa shape index (κ3) is 4.63. The van der Waals surface area contributed by atoms with Crippen LogP contribution >= 0.6 is 0 Å². The molecule has 1 atom stereocenters. The molecule has 1 unspecified atom stereocenters. The molecule has 0 aromatic carbocycles. The van der Waals surface area contributed by atoms with Crippen molar-refractivity contribution in [2.45, 2.75) is 38.2 Å². The van der Waals surface area contributed by atoms with Gasteiger partial charge in [0.2, 0.25) is 27.5 Å². The highest BCUT2D eigenvalue weighted by atomic mass is 32.2. The molecule has 1 aromatic rings. The first kappa shape index (κ1) is 20.2. The van der Waals surface area contributed by atoms with Crippen molar-refractivity contribution >= 4 is 21.8 Å². The van der Waals surface area contributed by atoms with Crippen molar-refractivity contribution in [3.05, 3.63) is 18.1 Å². The maximum atomic E-state index is 12.7. The molecule has 1 aromatic heterocycles. The van der Waals surface area contributed by atoms with Crippen LogP contribution in [0.4, 0.5) is 0 Å². The van der Waals surface area contributed by atoms with Crippen LogP contribution in [-0.4, -0.2) is 70.9 Å². The molecule has 3 rings (SSSR count). The van der Waals surface area contributed by atoms with E-state index in [4.69, 9.17) is 10.00 Å². The Labute approximate surface area is 163 Å². The lowest BCUT2D eigenvalue weighted by Crippen LogP contribution is -2.48. The van der Waals surface area contributed by atoms with Gasteiger partial charge in [-0.2, -0.15) is 9.57 Å². The number of imide groups is 1. The molecule has 0 radical (unpaired) electrons. The smallest absolute Gasteiger partial charge is 0.251 e. The van der Waals surface area contributed by atoms with Crippen molar-refractivity contribution in [2.24, 2.45) is 0 Å². The van der Waals surface area contributed by atoms with Crippen molar-refractivity contribution in [3.8, 4) is 11.9 Å². The average Bonchev–Trinajstić information content (AvgIpc) is 2.68. The van der Waals surface area contributed by atoms with E-state index in [0.29, 0.717) is 25.8 Å². The summed E-state index contributed by atoms with van der Waals surface area (Å²) >= 11 is 0. The van der Waals surface area contributed by atoms with Gasteiger partial charge >= 0.3 is 0 Å². The fourth-order valence-electron chi connectivity index (χ4n) is 3.28. The monoisotopic (exact) mass is 407 g/mol. The molecule has 3 heterocycles. The molecule has 2 fully saturated rings. The van der Waals surface area contributed by atoms with Crippen LogP contribution in [0.25, 0.3) is 0 Å². The summed E-state index contributed by atoms with van der Waals surface area (Å²) in [5, 5.41) is 9.07. The summed E-state index contributed by atoms with van der Waals surface area (Å²) in [6.07, 6.45) is 4.59. The van der Waals surface area contributed by atoms with E-state index in [0.717, 1.165) is 4.90 Å². The van der Waals surface area contributed by atoms with Gasteiger partial charge in [-0.3, -0.25) is 14.5 Å². The number of piperidine rings is 2. The number of sulfonamides is 1. The molecule has 0 spiro atoms. The second kappa shape index (κ2) is 8.62. The molecule has 0 bridgehead atoms. The normalized spacial score (nSPS) is 21.4. The maximum absolute atomic E-state index is 12.7. The molecule has 2 aliphatic heterocycles. The van der Waals surface area contributed by atoms with Crippen LogP contribution in [0.3, 0.4) is 0 Å². The Kier molecular flexibility index (Phi) is 6.21. The topological polar surface area (TPSA) is 134 Å². The van der Waals surface area contributed by atoms with Crippen LogP contribution in [0.2, 0.25) is 0 Å². The van der Waals surface area contributed by atoms with E-state index < -0.39 is 16.1 Å². The number of likely N-dealkylation sites (tertiary alicyclic amines) is 1. The standard InChI is InChI=1S/C17H21N5O5S/c18-11-14-17(20-7-6-19-14)27-13-3-2-8-21(12-13)28(25,26)10-9-22-15(23)4-1-5-16(22)24/h6-7,13H,1-5,8-10,12H2. The zero-order chi connectivity index (χ0) is 20.1. The molecule has 2 saturated heterocycles. The molecule has 28 heavy (non-hydrogen) atoms. The highest BCUT2D eigenvalue weighted by molar-refractivity contribution is 7.89. The van der Waals surface area contributed by atoms with Gasteiger partial charge in [0.05, 0.1) is 12.3 Å². The van der Waals surface area contributed by atoms with E-state index in [1.54, 1.807) is 0 Å². The number of amides is 2. The quantitative estimate of drug-likeness (QED) is 0.604. The molecule has 150 valence electrons. The number of hydrogen-bond acceptors (Lipinski definition) is 8. The van der Waals surface area contributed by atoms with Crippen LogP contribution in [0.15, 0.2) is 12.4 Å². The van der Waals surface area contributed by atoms with E-state index >= 15 is 0 Å². The van der Waals surface area contributed by atoms with Crippen LogP contribution in [0, 0.1) is 11.3 Å². The number of ether oxygens (including phenoxy) is 1. The lowest BCUT2D eigenvalue weighted by atomic mass is 10.1. The number of nitriles is 1. The molecular formula is C17H21N5O5S. The van der Waals surface area contributed by atoms with Gasteiger partial charge in [0.1, 0.15) is 12.2 Å². The van der Waals surface area contributed by atoms with Crippen molar-refractivity contribution in [3.63, 3.8) is 0 Å². The van der Waals surface area contributed by atoms with Gasteiger partial charge in [-0.15, -0.1) is 0 Å². The number of rotatable bonds is 6. The number of hydrogen-bond donors (Lipinski definition) is 0. The molecule has 2 aliphatic rings. The Morgan fingerprint density at radius 1 is 1.18 bits per heavy atom. The molecule has 11 heteroatoms. The van der Waals surface area contributed by atoms with Gasteiger partial charge in [-0.1, -0.05) is 0 Å². The van der Waals surface area contributed by atoms with E-state index in [1.807, 2.05) is 6.07 Å². The summed E-state index contributed by atoms with van der Waals surface area (Å²) < 4.78 is 32.4. The molecular weight excluding hydrogens is 386 g/mol. The van der Waals surface area contributed by atoms with E-state index in [9.17, 15) is 18.0 Å². The summed E-state index contributed by atoms with van der Waals surface area (Å²) in [6.45, 7) is 0.325. The largest absolute Gasteiger partial charge is 0.471 e. The predicted molar refractivity (Wildman–Crippen MR) is 96.3 cm³/mol. The SMILES string of the molecule is N#Cc1nccnc1OC1CCCN(S(=O)(=O)CCN2C(=O)CCCC2=O)C1. The zero-order valence-electron chi connectivity index (χ0n) is 15.3. The minimum Gasteiger partial charge on any atom is -0.471 e. The molecule has 0 saturated carbocycles. The number of aromatic nitrogens is 2. The van der Waals surface area contributed by atoms with Gasteiger partial charge in [-0.25, -0.2) is 18.4 Å². The second-order valence-electron chi connectivity index (χ2n) is 6.67. The Hall–Kier alpha value is -2.58. The molecule has 10 nitrogen and oxygen atoms in total. The number of carbonyl (C=O) groups is 2. The second-order valence-corrected chi connectivity index (χ2v) is 8.76. The lowest BCUT2D eigenvalue weighted by molar-refractivity contribution is -0.147. The third-order valence-corrected chi connectivity index (χ3v) is 6.56. The Bertz CT molecular complexity index is 881. The Morgan fingerprint density at radius 2 is 1.89 bits per heavy atom. The molecule has 0 aliphatic carbocycles. The third-order valence-electron chi connectivity index (χ3n) is 4.74. The van der Waals surface area contributed by atoms with Crippen LogP contribution < -0.4 is 4.74 Å². The van der Waals surface area contributed by atoms with Crippen molar-refractivity contribution in [1.82, 2.24) is 19.2 Å². The highest BCUT2D eigenvalue weighted by Crippen LogP contribution is 2.21. The van der Waals surface area contributed by atoms with Crippen molar-refractivity contribution < 1.29 is 22.7 Å². The first-order valence-electron chi connectivity index (χ1n) is 9.09. The molecule has 2 amide bonds. The fourth-order valence-corrected chi connectivity index (χ4v) is 4.76. The van der Waals surface area contributed by atoms with Gasteiger partial charge in [0.25, 0.3) is 5.88 Å². The zero-order valence-corrected chi connectivity index (χ0v) is 16.1. The van der Waals surface area contributed by atoms with Gasteiger partial charge in [-0.05, 0) is 19.3 Å². The Morgan fingerprint density at radius 3 is 2.61 bits per heavy atom. The van der Waals surface area contributed by atoms with E-state index in [-0.39, 0.29) is 55.1 Å². The number of carbonyl (C=O) groups excluding carboxylic acids is 2. The summed E-state index contributed by atoms with van der Waals surface area (Å²) in [5.41, 5.74) is 0.0459. The maximum Gasteiger partial charge on any atom is 0.251 e.